The predicted octanol–water partition coefficient (Wildman–Crippen LogP) is 5.31. The minimum absolute atomic E-state index is 0.114. The van der Waals surface area contributed by atoms with Crippen LogP contribution in [-0.2, 0) is 18.5 Å². The van der Waals surface area contributed by atoms with Crippen LogP contribution in [0.15, 0.2) is 24.3 Å². The molecular formula is C26H7F11N6. The average Bonchev–Trinajstić information content (AvgIpc) is 2.90. The largest absolute Gasteiger partial charge is 0.433 e. The van der Waals surface area contributed by atoms with Crippen molar-refractivity contribution in [3.05, 3.63) is 91.4 Å². The maximum absolute atomic E-state index is 15.8. The van der Waals surface area contributed by atoms with Gasteiger partial charge in [-0.2, -0.15) is 60.6 Å². The topological polar surface area (TPSA) is 121 Å². The molecule has 2 aromatic heterocycles. The molecule has 3 rings (SSSR count). The zero-order valence-electron chi connectivity index (χ0n) is 20.7. The van der Waals surface area contributed by atoms with Gasteiger partial charge in [-0.25, -0.2) is 18.7 Å². The lowest BCUT2D eigenvalue weighted by molar-refractivity contribution is -0.150. The van der Waals surface area contributed by atoms with E-state index in [-0.39, 0.29) is 23.9 Å². The molecule has 0 spiro atoms. The third-order valence-electron chi connectivity index (χ3n) is 5.55. The molecule has 0 aliphatic rings. The van der Waals surface area contributed by atoms with Crippen molar-refractivity contribution < 1.29 is 48.3 Å². The van der Waals surface area contributed by atoms with Crippen LogP contribution in [0.2, 0.25) is 0 Å². The van der Waals surface area contributed by atoms with Crippen molar-refractivity contribution in [3.63, 3.8) is 0 Å². The summed E-state index contributed by atoms with van der Waals surface area (Å²) in [4.78, 5) is 5.66. The summed E-state index contributed by atoms with van der Waals surface area (Å²) in [6.45, 7) is 1.05. The standard InChI is InChI=1S/C26H7F11N6/c1-10-2-11(3-17(42-10)24(29,30)31)13(6-38)20-15(8-40)23(28)21(16(9-41)22(20)27)14(7-39)12-4-18(25(32,33)34)43-19(5-12)26(35,36)37/h2-5H,1H3/b20-13-,21-14-. The van der Waals surface area contributed by atoms with E-state index in [0.717, 1.165) is 31.2 Å². The van der Waals surface area contributed by atoms with Crippen LogP contribution < -0.4 is 10.4 Å². The van der Waals surface area contributed by atoms with E-state index < -0.39 is 91.1 Å². The molecule has 0 N–H and O–H groups in total. The van der Waals surface area contributed by atoms with Gasteiger partial charge in [0, 0.05) is 5.69 Å². The summed E-state index contributed by atoms with van der Waals surface area (Å²) < 4.78 is 152. The molecule has 0 saturated heterocycles. The summed E-state index contributed by atoms with van der Waals surface area (Å²) in [5.74, 6) is -4.02. The Morgan fingerprint density at radius 2 is 0.907 bits per heavy atom. The number of halogens is 11. The van der Waals surface area contributed by atoms with Gasteiger partial charge in [0.2, 0.25) is 0 Å². The van der Waals surface area contributed by atoms with E-state index in [4.69, 9.17) is 0 Å². The first kappa shape index (κ1) is 32.0. The summed E-state index contributed by atoms with van der Waals surface area (Å²) >= 11 is 0. The van der Waals surface area contributed by atoms with Gasteiger partial charge < -0.3 is 0 Å². The zero-order chi connectivity index (χ0) is 32.7. The highest BCUT2D eigenvalue weighted by atomic mass is 19.4. The van der Waals surface area contributed by atoms with Crippen molar-refractivity contribution in [2.24, 2.45) is 0 Å². The van der Waals surface area contributed by atoms with E-state index >= 15 is 8.78 Å². The van der Waals surface area contributed by atoms with E-state index in [1.165, 1.54) is 6.07 Å². The number of benzene rings is 1. The molecule has 2 heterocycles. The summed E-state index contributed by atoms with van der Waals surface area (Å²) in [5.41, 5.74) is -14.1. The number of hydrogen-bond donors (Lipinski definition) is 0. The van der Waals surface area contributed by atoms with Crippen molar-refractivity contribution >= 4 is 11.1 Å². The maximum Gasteiger partial charge on any atom is 0.433 e. The van der Waals surface area contributed by atoms with E-state index in [0.29, 0.717) is 0 Å². The first-order valence-corrected chi connectivity index (χ1v) is 10.9. The fourth-order valence-electron chi connectivity index (χ4n) is 3.82. The minimum atomic E-state index is -5.53. The zero-order valence-corrected chi connectivity index (χ0v) is 20.7. The molecule has 1 aromatic carbocycles. The Hall–Kier alpha value is -5.55. The number of alkyl halides is 9. The molecule has 0 amide bonds. The van der Waals surface area contributed by atoms with Gasteiger partial charge in [-0.15, -0.1) is 0 Å². The van der Waals surface area contributed by atoms with E-state index in [9.17, 15) is 60.6 Å². The Bertz CT molecular complexity index is 1930. The third-order valence-corrected chi connectivity index (χ3v) is 5.55. The van der Waals surface area contributed by atoms with Crippen LogP contribution in [0.5, 0.6) is 0 Å². The minimum Gasteiger partial charge on any atom is -0.249 e. The highest BCUT2D eigenvalue weighted by molar-refractivity contribution is 5.81. The lowest BCUT2D eigenvalue weighted by Crippen LogP contribution is -2.31. The highest BCUT2D eigenvalue weighted by Crippen LogP contribution is 2.35. The molecule has 6 nitrogen and oxygen atoms in total. The number of pyridine rings is 2. The number of hydrogen-bond acceptors (Lipinski definition) is 6. The van der Waals surface area contributed by atoms with Gasteiger partial charge in [0.1, 0.15) is 41.4 Å². The molecule has 0 saturated carbocycles. The van der Waals surface area contributed by atoms with E-state index in [1.807, 2.05) is 0 Å². The van der Waals surface area contributed by atoms with Crippen LogP contribution >= 0.6 is 0 Å². The molecule has 17 heteroatoms. The first-order valence-electron chi connectivity index (χ1n) is 10.9. The number of aryl methyl sites for hydroxylation is 1. The molecule has 0 aliphatic carbocycles. The van der Waals surface area contributed by atoms with E-state index in [1.54, 1.807) is 0 Å². The summed E-state index contributed by atoms with van der Waals surface area (Å²) in [6, 6.07) is 5.44. The van der Waals surface area contributed by atoms with Gasteiger partial charge >= 0.3 is 18.5 Å². The average molecular weight is 612 g/mol. The van der Waals surface area contributed by atoms with Crippen LogP contribution in [-0.4, -0.2) is 9.97 Å². The van der Waals surface area contributed by atoms with Gasteiger partial charge in [0.05, 0.1) is 32.7 Å². The third kappa shape index (κ3) is 6.07. The second-order valence-corrected chi connectivity index (χ2v) is 8.33. The predicted molar refractivity (Wildman–Crippen MR) is 120 cm³/mol. The Morgan fingerprint density at radius 1 is 0.581 bits per heavy atom. The Balaban J connectivity index is 2.67. The molecule has 0 unspecified atom stereocenters. The van der Waals surface area contributed by atoms with Crippen molar-refractivity contribution in [1.29, 1.82) is 21.0 Å². The van der Waals surface area contributed by atoms with Gasteiger partial charge in [-0.1, -0.05) is 0 Å². The Labute approximate surface area is 232 Å². The van der Waals surface area contributed by atoms with E-state index in [2.05, 4.69) is 9.97 Å². The molecular weight excluding hydrogens is 605 g/mol. The van der Waals surface area contributed by atoms with Crippen molar-refractivity contribution in [2.75, 3.05) is 0 Å². The highest BCUT2D eigenvalue weighted by Gasteiger charge is 2.39. The Kier molecular flexibility index (Phi) is 8.20. The second-order valence-electron chi connectivity index (χ2n) is 8.33. The summed E-state index contributed by atoms with van der Waals surface area (Å²) in [7, 11) is 0. The lowest BCUT2D eigenvalue weighted by Gasteiger charge is -2.14. The van der Waals surface area contributed by atoms with Crippen LogP contribution in [0.4, 0.5) is 48.3 Å². The van der Waals surface area contributed by atoms with Gasteiger partial charge in [0.25, 0.3) is 0 Å². The number of rotatable bonds is 2. The fraction of sp³-hybridized carbons (Fsp3) is 0.154. The lowest BCUT2D eigenvalue weighted by atomic mass is 9.93. The molecule has 0 radical (unpaired) electrons. The quantitative estimate of drug-likeness (QED) is 0.362. The molecule has 0 aliphatic heterocycles. The molecule has 3 aromatic rings. The molecule has 0 bridgehead atoms. The second kappa shape index (κ2) is 11.0. The van der Waals surface area contributed by atoms with Gasteiger partial charge in [-0.05, 0) is 42.3 Å². The normalized spacial score (nSPS) is 13.3. The molecule has 0 fully saturated rings. The SMILES string of the molecule is Cc1cc(/C(C#N)=c2\c(F)c(C#N)/c(=C(\C#N)c3cc(C(F)(F)F)nc(C(F)(F)F)c3)c(F)c2C#N)cc(C(F)(F)F)n1. The van der Waals surface area contributed by atoms with Gasteiger partial charge in [-0.3, -0.25) is 0 Å². The van der Waals surface area contributed by atoms with Crippen molar-refractivity contribution in [3.8, 4) is 24.3 Å². The smallest absolute Gasteiger partial charge is 0.249 e. The van der Waals surface area contributed by atoms with Gasteiger partial charge in [0.15, 0.2) is 11.6 Å². The van der Waals surface area contributed by atoms with Crippen molar-refractivity contribution in [1.82, 2.24) is 9.97 Å². The molecule has 0 atom stereocenters. The monoisotopic (exact) mass is 612 g/mol. The van der Waals surface area contributed by atoms with Crippen LogP contribution in [0.3, 0.4) is 0 Å². The number of nitriles is 4. The van der Waals surface area contributed by atoms with Crippen LogP contribution in [0.1, 0.15) is 45.0 Å². The van der Waals surface area contributed by atoms with Crippen molar-refractivity contribution in [2.45, 2.75) is 25.5 Å². The van der Waals surface area contributed by atoms with Crippen LogP contribution in [0, 0.1) is 63.9 Å². The molecule has 43 heavy (non-hydrogen) atoms. The molecule has 218 valence electrons. The summed E-state index contributed by atoms with van der Waals surface area (Å²) in [5, 5.41) is 35.6. The number of aromatic nitrogens is 2. The summed E-state index contributed by atoms with van der Waals surface area (Å²) in [6.07, 6.45) is -16.2. The van der Waals surface area contributed by atoms with Crippen LogP contribution in [0.25, 0.3) is 11.1 Å². The first-order chi connectivity index (χ1) is 19.8. The Morgan fingerprint density at radius 3 is 1.21 bits per heavy atom. The fourth-order valence-corrected chi connectivity index (χ4v) is 3.82. The number of nitrogens with zero attached hydrogens (tertiary/aromatic N) is 6. The maximum atomic E-state index is 15.8.